The molecular weight excluding hydrogens is 370 g/mol. The van der Waals surface area contributed by atoms with Crippen LogP contribution in [-0.2, 0) is 4.79 Å². The van der Waals surface area contributed by atoms with E-state index in [0.717, 1.165) is 17.6 Å². The molecule has 6 N–H and O–H groups in total. The summed E-state index contributed by atoms with van der Waals surface area (Å²) in [5.41, 5.74) is 7.85. The first-order valence-electron chi connectivity index (χ1n) is 9.55. The van der Waals surface area contributed by atoms with E-state index in [1.807, 2.05) is 24.3 Å². The number of nitrogens with two attached hydrogens (primary N) is 1. The molecule has 0 aliphatic heterocycles. The van der Waals surface area contributed by atoms with Crippen molar-refractivity contribution in [2.45, 2.75) is 12.5 Å². The van der Waals surface area contributed by atoms with Crippen LogP contribution in [0.2, 0.25) is 0 Å². The molecule has 2 aromatic heterocycles. The van der Waals surface area contributed by atoms with Gasteiger partial charge in [0.25, 0.3) is 0 Å². The molecule has 9 heteroatoms. The standard InChI is InChI=1S/C20H21N7O2/c1-29-13-5-3-2-4-12(13)24-20-26-18-16(22-9-23-18)19(27-20)25-15-11-7-6-10(8-11)14(15)17(21)28/h2-7,9-11,14-15H,8H2,1H3,(H2,21,28)(H3,22,23,24,25,26,27)/p+1. The van der Waals surface area contributed by atoms with Crippen molar-refractivity contribution < 1.29 is 14.5 Å². The summed E-state index contributed by atoms with van der Waals surface area (Å²) in [6.07, 6.45) is 6.90. The van der Waals surface area contributed by atoms with Crippen LogP contribution < -0.4 is 26.1 Å². The van der Waals surface area contributed by atoms with Crippen LogP contribution in [0.4, 0.5) is 17.5 Å². The van der Waals surface area contributed by atoms with Gasteiger partial charge in [0.05, 0.1) is 18.7 Å². The van der Waals surface area contributed by atoms with Crippen molar-refractivity contribution in [2.24, 2.45) is 23.5 Å². The lowest BCUT2D eigenvalue weighted by molar-refractivity contribution is -0.347. The van der Waals surface area contributed by atoms with Crippen LogP contribution in [0.5, 0.6) is 5.75 Å². The number of fused-ring (bicyclic) bond motifs is 3. The Morgan fingerprint density at radius 1 is 1.28 bits per heavy atom. The SMILES string of the molecule is COc1ccccc1Nc1nc(NC2C3C=CC(C3)C2C(N)=O)c2[nH]c[nH+]c2n1. The Labute approximate surface area is 166 Å². The van der Waals surface area contributed by atoms with Crippen molar-refractivity contribution in [1.82, 2.24) is 15.0 Å². The molecular formula is C20H22N7O2+. The molecule has 2 heterocycles. The van der Waals surface area contributed by atoms with Crippen molar-refractivity contribution in [3.05, 3.63) is 42.7 Å². The van der Waals surface area contributed by atoms with E-state index in [9.17, 15) is 4.79 Å². The van der Waals surface area contributed by atoms with E-state index >= 15 is 0 Å². The predicted octanol–water partition coefficient (Wildman–Crippen LogP) is 1.61. The van der Waals surface area contributed by atoms with Gasteiger partial charge in [-0.25, -0.2) is 4.98 Å². The lowest BCUT2D eigenvalue weighted by Gasteiger charge is -2.26. The minimum atomic E-state index is -0.282. The number of aromatic nitrogens is 4. The first-order chi connectivity index (χ1) is 14.1. The summed E-state index contributed by atoms with van der Waals surface area (Å²) in [5, 5.41) is 6.67. The average molecular weight is 392 g/mol. The molecule has 1 fully saturated rings. The lowest BCUT2D eigenvalue weighted by atomic mass is 9.88. The van der Waals surface area contributed by atoms with Gasteiger partial charge in [-0.1, -0.05) is 29.3 Å². The number of amides is 1. The van der Waals surface area contributed by atoms with E-state index < -0.39 is 0 Å². The predicted molar refractivity (Wildman–Crippen MR) is 108 cm³/mol. The number of primary amides is 1. The number of hydrogen-bond donors (Lipinski definition) is 4. The number of para-hydroxylation sites is 2. The first kappa shape index (κ1) is 17.5. The van der Waals surface area contributed by atoms with Crippen molar-refractivity contribution in [3.8, 4) is 5.75 Å². The van der Waals surface area contributed by atoms with E-state index in [4.69, 9.17) is 10.5 Å². The third-order valence-electron chi connectivity index (χ3n) is 5.78. The van der Waals surface area contributed by atoms with Gasteiger partial charge < -0.3 is 21.1 Å². The van der Waals surface area contributed by atoms with Crippen molar-refractivity contribution in [2.75, 3.05) is 17.7 Å². The highest BCUT2D eigenvalue weighted by molar-refractivity contribution is 5.84. The topological polar surface area (TPSA) is 132 Å². The Morgan fingerprint density at radius 3 is 2.93 bits per heavy atom. The molecule has 0 spiro atoms. The number of carbonyl (C=O) groups excluding carboxylic acids is 1. The number of anilines is 3. The summed E-state index contributed by atoms with van der Waals surface area (Å²) >= 11 is 0. The number of carbonyl (C=O) groups is 1. The average Bonchev–Trinajstić information content (AvgIpc) is 3.44. The molecule has 9 nitrogen and oxygen atoms in total. The van der Waals surface area contributed by atoms with Crippen molar-refractivity contribution >= 4 is 34.5 Å². The Balaban J connectivity index is 1.50. The highest BCUT2D eigenvalue weighted by Gasteiger charge is 2.47. The maximum absolute atomic E-state index is 12.1. The number of rotatable bonds is 6. The number of methoxy groups -OCH3 is 1. The lowest BCUT2D eigenvalue weighted by Crippen LogP contribution is -2.41. The van der Waals surface area contributed by atoms with Crippen molar-refractivity contribution in [3.63, 3.8) is 0 Å². The zero-order chi connectivity index (χ0) is 20.0. The molecule has 148 valence electrons. The fraction of sp³-hybridized carbons (Fsp3) is 0.300. The molecule has 1 aromatic carbocycles. The van der Waals surface area contributed by atoms with E-state index in [1.165, 1.54) is 0 Å². The Morgan fingerprint density at radius 2 is 2.10 bits per heavy atom. The molecule has 29 heavy (non-hydrogen) atoms. The third-order valence-corrected chi connectivity index (χ3v) is 5.78. The summed E-state index contributed by atoms with van der Waals surface area (Å²) in [5.74, 6) is 1.63. The second kappa shape index (κ2) is 6.77. The number of nitrogens with one attached hydrogen (secondary N) is 4. The van der Waals surface area contributed by atoms with E-state index in [-0.39, 0.29) is 29.7 Å². The zero-order valence-corrected chi connectivity index (χ0v) is 15.8. The number of nitrogens with zero attached hydrogens (tertiary/aromatic N) is 2. The minimum Gasteiger partial charge on any atom is -0.495 e. The molecule has 4 unspecified atom stereocenters. The van der Waals surface area contributed by atoms with E-state index in [0.29, 0.717) is 23.2 Å². The van der Waals surface area contributed by atoms with Crippen LogP contribution in [0, 0.1) is 17.8 Å². The number of hydrogen-bond acceptors (Lipinski definition) is 6. The zero-order valence-electron chi connectivity index (χ0n) is 15.8. The molecule has 0 saturated heterocycles. The van der Waals surface area contributed by atoms with Crippen LogP contribution >= 0.6 is 0 Å². The fourth-order valence-electron chi connectivity index (χ4n) is 4.47. The highest BCUT2D eigenvalue weighted by atomic mass is 16.5. The summed E-state index contributed by atoms with van der Waals surface area (Å²) in [4.78, 5) is 27.5. The number of allylic oxidation sites excluding steroid dienone is 1. The van der Waals surface area contributed by atoms with E-state index in [2.05, 4.69) is 42.7 Å². The highest BCUT2D eigenvalue weighted by Crippen LogP contribution is 2.45. The normalized spacial score (nSPS) is 24.7. The molecule has 0 radical (unpaired) electrons. The number of aromatic amines is 2. The molecule has 2 bridgehead atoms. The van der Waals surface area contributed by atoms with Gasteiger partial charge in [0.2, 0.25) is 11.4 Å². The molecule has 4 atom stereocenters. The van der Waals surface area contributed by atoms with Gasteiger partial charge >= 0.3 is 11.6 Å². The monoisotopic (exact) mass is 392 g/mol. The number of H-pyrrole nitrogens is 2. The van der Waals surface area contributed by atoms with E-state index in [1.54, 1.807) is 13.4 Å². The minimum absolute atomic E-state index is 0.0944. The summed E-state index contributed by atoms with van der Waals surface area (Å²) in [6.45, 7) is 0. The van der Waals surface area contributed by atoms with Gasteiger partial charge in [-0.15, -0.1) is 0 Å². The largest absolute Gasteiger partial charge is 0.495 e. The Hall–Kier alpha value is -3.62. The van der Waals surface area contributed by atoms with Crippen LogP contribution in [-0.4, -0.2) is 34.0 Å². The summed E-state index contributed by atoms with van der Waals surface area (Å²) < 4.78 is 5.40. The molecule has 5 rings (SSSR count). The molecule has 1 saturated carbocycles. The smallest absolute Gasteiger partial charge is 0.307 e. The number of benzene rings is 1. The third kappa shape index (κ3) is 2.95. The summed E-state index contributed by atoms with van der Waals surface area (Å²) in [6, 6.07) is 7.46. The second-order valence-corrected chi connectivity index (χ2v) is 7.42. The van der Waals surface area contributed by atoms with Crippen molar-refractivity contribution in [1.29, 1.82) is 0 Å². The van der Waals surface area contributed by atoms with Gasteiger partial charge in [-0.2, -0.15) is 4.98 Å². The number of ether oxygens (including phenoxy) is 1. The molecule has 3 aromatic rings. The first-order valence-corrected chi connectivity index (χ1v) is 9.55. The quantitative estimate of drug-likeness (QED) is 0.471. The number of imidazole rings is 1. The summed E-state index contributed by atoms with van der Waals surface area (Å²) in [7, 11) is 1.62. The molecule has 1 amide bonds. The maximum atomic E-state index is 12.1. The second-order valence-electron chi connectivity index (χ2n) is 7.42. The van der Waals surface area contributed by atoms with Crippen LogP contribution in [0.25, 0.3) is 11.2 Å². The molecule has 2 aliphatic carbocycles. The van der Waals surface area contributed by atoms with Gasteiger partial charge in [-0.3, -0.25) is 9.78 Å². The van der Waals surface area contributed by atoms with Crippen LogP contribution in [0.15, 0.2) is 42.7 Å². The van der Waals surface area contributed by atoms with Crippen LogP contribution in [0.3, 0.4) is 0 Å². The fourth-order valence-corrected chi connectivity index (χ4v) is 4.47. The Bertz CT molecular complexity index is 1110. The van der Waals surface area contributed by atoms with Gasteiger partial charge in [0.15, 0.2) is 12.1 Å². The molecule has 2 aliphatic rings. The maximum Gasteiger partial charge on any atom is 0.307 e. The van der Waals surface area contributed by atoms with Gasteiger partial charge in [0.1, 0.15) is 5.75 Å². The van der Waals surface area contributed by atoms with Crippen LogP contribution in [0.1, 0.15) is 6.42 Å². The van der Waals surface area contributed by atoms with Gasteiger partial charge in [0, 0.05) is 6.04 Å². The Kier molecular flexibility index (Phi) is 4.08. The van der Waals surface area contributed by atoms with Gasteiger partial charge in [-0.05, 0) is 30.4 Å².